The lowest BCUT2D eigenvalue weighted by molar-refractivity contribution is -0.116. The number of nitrogens with one attached hydrogen (secondary N) is 1. The molecule has 0 radical (unpaired) electrons. The summed E-state index contributed by atoms with van der Waals surface area (Å²) in [6.45, 7) is 2.20. The quantitative estimate of drug-likeness (QED) is 0.857. The Bertz CT molecular complexity index is 584. The molecule has 0 saturated heterocycles. The molecule has 0 aliphatic rings. The molecule has 0 fully saturated rings. The number of benzene rings is 1. The van der Waals surface area contributed by atoms with Gasteiger partial charge in [-0.2, -0.15) is 0 Å². The fourth-order valence-corrected chi connectivity index (χ4v) is 1.55. The molecule has 0 aliphatic heterocycles. The molecule has 2 rings (SSSR count). The minimum atomic E-state index is -0.289. The Morgan fingerprint density at radius 3 is 2.63 bits per heavy atom. The van der Waals surface area contributed by atoms with Crippen molar-refractivity contribution in [1.82, 2.24) is 5.32 Å². The van der Waals surface area contributed by atoms with E-state index in [4.69, 9.17) is 4.42 Å². The fourth-order valence-electron chi connectivity index (χ4n) is 1.55. The highest BCUT2D eigenvalue weighted by atomic mass is 19.1. The summed E-state index contributed by atoms with van der Waals surface area (Å²) in [4.78, 5) is 11.5. The maximum Gasteiger partial charge on any atom is 0.244 e. The van der Waals surface area contributed by atoms with Gasteiger partial charge in [0, 0.05) is 12.6 Å². The van der Waals surface area contributed by atoms with Gasteiger partial charge < -0.3 is 9.73 Å². The molecule has 0 bridgehead atoms. The van der Waals surface area contributed by atoms with Gasteiger partial charge in [-0.15, -0.1) is 0 Å². The monoisotopic (exact) mass is 259 g/mol. The summed E-state index contributed by atoms with van der Waals surface area (Å²) in [7, 11) is 0. The maximum absolute atomic E-state index is 12.7. The largest absolute Gasteiger partial charge is 0.462 e. The van der Waals surface area contributed by atoms with Gasteiger partial charge in [-0.25, -0.2) is 4.39 Å². The minimum absolute atomic E-state index is 0.224. The van der Waals surface area contributed by atoms with Crippen molar-refractivity contribution in [2.75, 3.05) is 0 Å². The highest BCUT2D eigenvalue weighted by Gasteiger charge is 1.98. The molecule has 0 spiro atoms. The van der Waals surface area contributed by atoms with Crippen molar-refractivity contribution in [1.29, 1.82) is 0 Å². The number of carbonyl (C=O) groups excluding carboxylic acids is 1. The molecule has 98 valence electrons. The topological polar surface area (TPSA) is 42.2 Å². The van der Waals surface area contributed by atoms with E-state index < -0.39 is 0 Å². The predicted molar refractivity (Wildman–Crippen MR) is 70.7 cm³/mol. The van der Waals surface area contributed by atoms with Crippen LogP contribution < -0.4 is 5.32 Å². The van der Waals surface area contributed by atoms with E-state index in [1.807, 2.05) is 13.0 Å². The van der Waals surface area contributed by atoms with Crippen molar-refractivity contribution >= 4 is 12.0 Å². The van der Waals surface area contributed by atoms with Crippen LogP contribution in [0.3, 0.4) is 0 Å². The van der Waals surface area contributed by atoms with E-state index >= 15 is 0 Å². The van der Waals surface area contributed by atoms with Crippen molar-refractivity contribution in [3.05, 3.63) is 65.4 Å². The molecule has 3 nitrogen and oxygen atoms in total. The molecule has 1 heterocycles. The van der Waals surface area contributed by atoms with Gasteiger partial charge in [0.25, 0.3) is 0 Å². The van der Waals surface area contributed by atoms with Gasteiger partial charge in [0.2, 0.25) is 5.91 Å². The zero-order chi connectivity index (χ0) is 13.7. The first kappa shape index (κ1) is 13.1. The number of carbonyl (C=O) groups is 1. The van der Waals surface area contributed by atoms with Crippen LogP contribution in [0.15, 0.2) is 46.9 Å². The van der Waals surface area contributed by atoms with Crippen molar-refractivity contribution in [3.8, 4) is 0 Å². The standard InChI is InChI=1S/C15H14FNO2/c1-11-2-7-14(19-11)8-9-15(18)17-10-12-3-5-13(16)6-4-12/h2-9H,10H2,1H3,(H,17,18)/b9-8+. The van der Waals surface area contributed by atoms with Gasteiger partial charge in [0.15, 0.2) is 0 Å². The summed E-state index contributed by atoms with van der Waals surface area (Å²) >= 11 is 0. The van der Waals surface area contributed by atoms with E-state index in [1.54, 1.807) is 24.3 Å². The SMILES string of the molecule is Cc1ccc(/C=C/C(=O)NCc2ccc(F)cc2)o1. The van der Waals surface area contributed by atoms with Gasteiger partial charge in [-0.3, -0.25) is 4.79 Å². The van der Waals surface area contributed by atoms with E-state index in [1.165, 1.54) is 18.2 Å². The van der Waals surface area contributed by atoms with Crippen molar-refractivity contribution in [2.45, 2.75) is 13.5 Å². The van der Waals surface area contributed by atoms with E-state index in [2.05, 4.69) is 5.32 Å². The first-order chi connectivity index (χ1) is 9.13. The lowest BCUT2D eigenvalue weighted by Gasteiger charge is -2.01. The van der Waals surface area contributed by atoms with Crippen LogP contribution in [0.2, 0.25) is 0 Å². The van der Waals surface area contributed by atoms with Crippen LogP contribution in [0.25, 0.3) is 6.08 Å². The molecule has 0 atom stereocenters. The second-order valence-electron chi connectivity index (χ2n) is 4.13. The van der Waals surface area contributed by atoms with E-state index in [-0.39, 0.29) is 11.7 Å². The molecule has 1 aromatic heterocycles. The maximum atomic E-state index is 12.7. The smallest absolute Gasteiger partial charge is 0.244 e. The van der Waals surface area contributed by atoms with Gasteiger partial charge in [-0.1, -0.05) is 12.1 Å². The third-order valence-electron chi connectivity index (χ3n) is 2.54. The van der Waals surface area contributed by atoms with Gasteiger partial charge in [0.1, 0.15) is 17.3 Å². The molecule has 4 heteroatoms. The van der Waals surface area contributed by atoms with Crippen LogP contribution in [0.5, 0.6) is 0 Å². The normalized spacial score (nSPS) is 10.8. The Labute approximate surface area is 110 Å². The minimum Gasteiger partial charge on any atom is -0.462 e. The Hall–Kier alpha value is -2.36. The predicted octanol–water partition coefficient (Wildman–Crippen LogP) is 3.06. The average molecular weight is 259 g/mol. The van der Waals surface area contributed by atoms with Crippen LogP contribution in [0.1, 0.15) is 17.1 Å². The number of rotatable bonds is 4. The number of aryl methyl sites for hydroxylation is 1. The second-order valence-corrected chi connectivity index (χ2v) is 4.13. The molecule has 1 amide bonds. The third-order valence-corrected chi connectivity index (χ3v) is 2.54. The molecule has 1 aromatic carbocycles. The number of hydrogen-bond donors (Lipinski definition) is 1. The summed E-state index contributed by atoms with van der Waals surface area (Å²) in [5, 5.41) is 2.71. The first-order valence-electron chi connectivity index (χ1n) is 5.90. The Morgan fingerprint density at radius 1 is 1.26 bits per heavy atom. The molecule has 1 N–H and O–H groups in total. The molecule has 0 unspecified atom stereocenters. The molecule has 0 aliphatic carbocycles. The summed E-state index contributed by atoms with van der Waals surface area (Å²) in [6, 6.07) is 9.62. The van der Waals surface area contributed by atoms with Crippen LogP contribution in [0, 0.1) is 12.7 Å². The highest BCUT2D eigenvalue weighted by Crippen LogP contribution is 2.07. The van der Waals surface area contributed by atoms with Crippen molar-refractivity contribution in [2.24, 2.45) is 0 Å². The molecular weight excluding hydrogens is 245 g/mol. The Morgan fingerprint density at radius 2 is 2.00 bits per heavy atom. The van der Waals surface area contributed by atoms with Crippen LogP contribution in [0.4, 0.5) is 4.39 Å². The number of furan rings is 1. The zero-order valence-electron chi connectivity index (χ0n) is 10.5. The van der Waals surface area contributed by atoms with Crippen molar-refractivity contribution < 1.29 is 13.6 Å². The second kappa shape index (κ2) is 6.00. The van der Waals surface area contributed by atoms with Crippen LogP contribution >= 0.6 is 0 Å². The lowest BCUT2D eigenvalue weighted by atomic mass is 10.2. The van der Waals surface area contributed by atoms with Crippen molar-refractivity contribution in [3.63, 3.8) is 0 Å². The van der Waals surface area contributed by atoms with Gasteiger partial charge in [-0.05, 0) is 42.8 Å². The zero-order valence-corrected chi connectivity index (χ0v) is 10.5. The Kier molecular flexibility index (Phi) is 4.13. The molecule has 19 heavy (non-hydrogen) atoms. The molecule has 0 saturated carbocycles. The van der Waals surface area contributed by atoms with Gasteiger partial charge >= 0.3 is 0 Å². The fraction of sp³-hybridized carbons (Fsp3) is 0.133. The molecule has 2 aromatic rings. The highest BCUT2D eigenvalue weighted by molar-refractivity contribution is 5.91. The van der Waals surface area contributed by atoms with Gasteiger partial charge in [0.05, 0.1) is 0 Å². The number of halogens is 1. The summed E-state index contributed by atoms with van der Waals surface area (Å²) < 4.78 is 18.0. The summed E-state index contributed by atoms with van der Waals surface area (Å²) in [5.74, 6) is 0.919. The summed E-state index contributed by atoms with van der Waals surface area (Å²) in [5.41, 5.74) is 0.844. The van der Waals surface area contributed by atoms with E-state index in [0.29, 0.717) is 12.3 Å². The summed E-state index contributed by atoms with van der Waals surface area (Å²) in [6.07, 6.45) is 3.01. The van der Waals surface area contributed by atoms with E-state index in [0.717, 1.165) is 11.3 Å². The first-order valence-corrected chi connectivity index (χ1v) is 5.90. The third kappa shape index (κ3) is 4.10. The van der Waals surface area contributed by atoms with E-state index in [9.17, 15) is 9.18 Å². The van der Waals surface area contributed by atoms with Crippen LogP contribution in [-0.4, -0.2) is 5.91 Å². The van der Waals surface area contributed by atoms with Crippen LogP contribution in [-0.2, 0) is 11.3 Å². The lowest BCUT2D eigenvalue weighted by Crippen LogP contribution is -2.20. The average Bonchev–Trinajstić information content (AvgIpc) is 2.81. The number of amides is 1. The number of hydrogen-bond acceptors (Lipinski definition) is 2. The Balaban J connectivity index is 1.84. The molecular formula is C15H14FNO2.